The van der Waals surface area contributed by atoms with Crippen LogP contribution < -0.4 is 4.74 Å². The van der Waals surface area contributed by atoms with E-state index < -0.39 is 6.10 Å². The molecule has 0 aliphatic carbocycles. The van der Waals surface area contributed by atoms with E-state index in [1.54, 1.807) is 12.1 Å². The van der Waals surface area contributed by atoms with Crippen LogP contribution in [0.5, 0.6) is 5.75 Å². The summed E-state index contributed by atoms with van der Waals surface area (Å²) >= 11 is 0. The van der Waals surface area contributed by atoms with Crippen molar-refractivity contribution in [3.63, 3.8) is 0 Å². The van der Waals surface area contributed by atoms with Gasteiger partial charge in [0.05, 0.1) is 0 Å². The van der Waals surface area contributed by atoms with Crippen molar-refractivity contribution in [3.8, 4) is 5.75 Å². The van der Waals surface area contributed by atoms with Crippen LogP contribution in [-0.2, 0) is 4.79 Å². The minimum absolute atomic E-state index is 0.0132. The summed E-state index contributed by atoms with van der Waals surface area (Å²) < 4.78 is 5.16. The third kappa shape index (κ3) is 3.25. The number of ether oxygens (including phenoxy) is 1. The lowest BCUT2D eigenvalue weighted by Gasteiger charge is -2.08. The van der Waals surface area contributed by atoms with Crippen LogP contribution in [-0.4, -0.2) is 23.6 Å². The second kappa shape index (κ2) is 4.62. The predicted molar refractivity (Wildman–Crippen MR) is 48.6 cm³/mol. The van der Waals surface area contributed by atoms with E-state index in [0.29, 0.717) is 5.75 Å². The highest BCUT2D eigenvalue weighted by atomic mass is 16.5. The average Bonchev–Trinajstić information content (AvgIpc) is 2.15. The molecule has 0 radical (unpaired) electrons. The van der Waals surface area contributed by atoms with Crippen molar-refractivity contribution in [2.75, 3.05) is 6.61 Å². The topological polar surface area (TPSA) is 46.5 Å². The van der Waals surface area contributed by atoms with Crippen molar-refractivity contribution in [2.45, 2.75) is 13.0 Å². The van der Waals surface area contributed by atoms with Crippen LogP contribution in [0.4, 0.5) is 0 Å². The predicted octanol–water partition coefficient (Wildman–Crippen LogP) is 1.02. The van der Waals surface area contributed by atoms with Crippen molar-refractivity contribution in [2.24, 2.45) is 0 Å². The largest absolute Gasteiger partial charge is 0.490 e. The number of hydrogen-bond donors (Lipinski definition) is 1. The Hall–Kier alpha value is -1.35. The summed E-state index contributed by atoms with van der Waals surface area (Å²) in [5.74, 6) is 0.374. The fraction of sp³-hybridized carbons (Fsp3) is 0.300. The summed E-state index contributed by atoms with van der Waals surface area (Å²) in [5.41, 5.74) is 0. The number of para-hydroxylation sites is 1. The molecular formula is C10H12O3. The van der Waals surface area contributed by atoms with E-state index in [2.05, 4.69) is 0 Å². The van der Waals surface area contributed by atoms with E-state index in [-0.39, 0.29) is 12.4 Å². The van der Waals surface area contributed by atoms with Crippen LogP contribution in [0.3, 0.4) is 0 Å². The van der Waals surface area contributed by atoms with Gasteiger partial charge in [0.25, 0.3) is 0 Å². The molecule has 0 amide bonds. The van der Waals surface area contributed by atoms with Gasteiger partial charge in [0.1, 0.15) is 18.5 Å². The summed E-state index contributed by atoms with van der Waals surface area (Å²) in [6, 6.07) is 9.07. The molecule has 0 aromatic heterocycles. The molecule has 1 N–H and O–H groups in total. The molecule has 1 rings (SSSR count). The first-order valence-electron chi connectivity index (χ1n) is 4.06. The molecule has 1 atom stereocenters. The van der Waals surface area contributed by atoms with Gasteiger partial charge in [0, 0.05) is 0 Å². The fourth-order valence-electron chi connectivity index (χ4n) is 0.809. The molecule has 0 spiro atoms. The van der Waals surface area contributed by atoms with E-state index in [1.165, 1.54) is 6.92 Å². The van der Waals surface area contributed by atoms with Gasteiger partial charge in [-0.05, 0) is 19.1 Å². The second-order valence-corrected chi connectivity index (χ2v) is 2.75. The number of benzene rings is 1. The maximum atomic E-state index is 10.6. The van der Waals surface area contributed by atoms with Crippen molar-refractivity contribution in [3.05, 3.63) is 30.3 Å². The lowest BCUT2D eigenvalue weighted by Crippen LogP contribution is -2.24. The summed E-state index contributed by atoms with van der Waals surface area (Å²) in [7, 11) is 0. The van der Waals surface area contributed by atoms with Crippen LogP contribution in [0.25, 0.3) is 0 Å². The highest BCUT2D eigenvalue weighted by Gasteiger charge is 2.09. The van der Waals surface area contributed by atoms with Gasteiger partial charge in [-0.1, -0.05) is 18.2 Å². The Labute approximate surface area is 77.0 Å². The second-order valence-electron chi connectivity index (χ2n) is 2.75. The van der Waals surface area contributed by atoms with Gasteiger partial charge in [-0.2, -0.15) is 0 Å². The van der Waals surface area contributed by atoms with Crippen LogP contribution in [0.1, 0.15) is 6.92 Å². The van der Waals surface area contributed by atoms with Gasteiger partial charge < -0.3 is 9.84 Å². The molecule has 0 aliphatic heterocycles. The normalized spacial score (nSPS) is 12.2. The number of carbonyl (C=O) groups is 1. The number of rotatable bonds is 4. The number of hydrogen-bond acceptors (Lipinski definition) is 3. The molecule has 3 nitrogen and oxygen atoms in total. The third-order valence-corrected chi connectivity index (χ3v) is 1.62. The van der Waals surface area contributed by atoms with E-state index in [9.17, 15) is 4.79 Å². The molecule has 0 saturated heterocycles. The minimum atomic E-state index is -1.03. The number of Topliss-reactive ketones (excluding diaryl/α,β-unsaturated/α-hetero) is 1. The Morgan fingerprint density at radius 2 is 2.08 bits per heavy atom. The molecule has 0 aliphatic rings. The van der Waals surface area contributed by atoms with E-state index >= 15 is 0 Å². The zero-order chi connectivity index (χ0) is 9.68. The number of ketones is 1. The fourth-order valence-corrected chi connectivity index (χ4v) is 0.809. The van der Waals surface area contributed by atoms with Crippen LogP contribution in [0.15, 0.2) is 30.3 Å². The van der Waals surface area contributed by atoms with Crippen molar-refractivity contribution in [1.29, 1.82) is 0 Å². The molecule has 0 saturated carbocycles. The van der Waals surface area contributed by atoms with Crippen molar-refractivity contribution >= 4 is 5.78 Å². The van der Waals surface area contributed by atoms with Gasteiger partial charge in [0.2, 0.25) is 0 Å². The average molecular weight is 180 g/mol. The quantitative estimate of drug-likeness (QED) is 0.752. The summed E-state index contributed by atoms with van der Waals surface area (Å²) in [4.78, 5) is 10.6. The first-order valence-corrected chi connectivity index (χ1v) is 4.06. The maximum Gasteiger partial charge on any atom is 0.161 e. The first kappa shape index (κ1) is 9.74. The number of carbonyl (C=O) groups excluding carboxylic acids is 1. The molecule has 1 aromatic rings. The molecule has 0 bridgehead atoms. The van der Waals surface area contributed by atoms with E-state index in [0.717, 1.165) is 0 Å². The van der Waals surface area contributed by atoms with Gasteiger partial charge in [0.15, 0.2) is 5.78 Å². The van der Waals surface area contributed by atoms with Gasteiger partial charge in [-0.25, -0.2) is 0 Å². The Bertz CT molecular complexity index is 269. The zero-order valence-electron chi connectivity index (χ0n) is 7.43. The lowest BCUT2D eigenvalue weighted by atomic mass is 10.3. The van der Waals surface area contributed by atoms with Crippen LogP contribution >= 0.6 is 0 Å². The summed E-state index contributed by atoms with van der Waals surface area (Å²) in [6.07, 6.45) is -1.03. The zero-order valence-corrected chi connectivity index (χ0v) is 7.43. The molecular weight excluding hydrogens is 168 g/mol. The summed E-state index contributed by atoms with van der Waals surface area (Å²) in [5, 5.41) is 9.11. The number of aliphatic hydroxyl groups excluding tert-OH is 1. The molecule has 0 unspecified atom stereocenters. The van der Waals surface area contributed by atoms with Gasteiger partial charge in [-0.3, -0.25) is 4.79 Å². The minimum Gasteiger partial charge on any atom is -0.490 e. The monoisotopic (exact) mass is 180 g/mol. The van der Waals surface area contributed by atoms with E-state index in [1.807, 2.05) is 18.2 Å². The molecule has 3 heteroatoms. The smallest absolute Gasteiger partial charge is 0.161 e. The van der Waals surface area contributed by atoms with E-state index in [4.69, 9.17) is 9.84 Å². The lowest BCUT2D eigenvalue weighted by molar-refractivity contribution is -0.126. The SMILES string of the molecule is CC(=O)[C@@H](O)COc1ccccc1. The third-order valence-electron chi connectivity index (χ3n) is 1.62. The standard InChI is InChI=1S/C10H12O3/c1-8(11)10(12)7-13-9-5-3-2-4-6-9/h2-6,10,12H,7H2,1H3/t10-/m0/s1. The van der Waals surface area contributed by atoms with Crippen LogP contribution in [0.2, 0.25) is 0 Å². The Kier molecular flexibility index (Phi) is 3.46. The molecule has 1 aromatic carbocycles. The highest BCUT2D eigenvalue weighted by Crippen LogP contribution is 2.08. The maximum absolute atomic E-state index is 10.6. The van der Waals surface area contributed by atoms with Crippen LogP contribution in [0, 0.1) is 0 Å². The number of aliphatic hydroxyl groups is 1. The Balaban J connectivity index is 2.39. The van der Waals surface area contributed by atoms with Crippen molar-refractivity contribution in [1.82, 2.24) is 0 Å². The summed E-state index contributed by atoms with van der Waals surface area (Å²) in [6.45, 7) is 1.35. The Morgan fingerprint density at radius 3 is 2.62 bits per heavy atom. The highest BCUT2D eigenvalue weighted by molar-refractivity contribution is 5.80. The Morgan fingerprint density at radius 1 is 1.46 bits per heavy atom. The molecule has 13 heavy (non-hydrogen) atoms. The molecule has 70 valence electrons. The molecule has 0 heterocycles. The van der Waals surface area contributed by atoms with Crippen molar-refractivity contribution < 1.29 is 14.6 Å². The van der Waals surface area contributed by atoms with Gasteiger partial charge >= 0.3 is 0 Å². The van der Waals surface area contributed by atoms with Gasteiger partial charge in [-0.15, -0.1) is 0 Å². The first-order chi connectivity index (χ1) is 6.20. The molecule has 0 fully saturated rings.